The lowest BCUT2D eigenvalue weighted by Crippen LogP contribution is -2.50. The molecule has 12 heteroatoms. The molecule has 0 bridgehead atoms. The van der Waals surface area contributed by atoms with E-state index in [1.54, 1.807) is 26.0 Å². The Bertz CT molecular complexity index is 1260. The van der Waals surface area contributed by atoms with Crippen LogP contribution in [0.25, 0.3) is 0 Å². The first-order chi connectivity index (χ1) is 15.0. The molecule has 1 aromatic heterocycles. The molecule has 172 valence electrons. The number of anilines is 1. The van der Waals surface area contributed by atoms with E-state index in [4.69, 9.17) is 4.42 Å². The average Bonchev–Trinajstić information content (AvgIpc) is 3.33. The maximum atomic E-state index is 13.2. The molecule has 2 aromatic rings. The van der Waals surface area contributed by atoms with Gasteiger partial charge in [-0.05, 0) is 42.8 Å². The number of sulfonamides is 2. The van der Waals surface area contributed by atoms with Gasteiger partial charge in [0.25, 0.3) is 5.91 Å². The van der Waals surface area contributed by atoms with Gasteiger partial charge in [-0.15, -0.1) is 0 Å². The van der Waals surface area contributed by atoms with Crippen molar-refractivity contribution >= 4 is 37.5 Å². The molecule has 2 aliphatic rings. The molecule has 0 N–H and O–H groups in total. The van der Waals surface area contributed by atoms with Gasteiger partial charge in [-0.3, -0.25) is 9.59 Å². The molecule has 32 heavy (non-hydrogen) atoms. The summed E-state index contributed by atoms with van der Waals surface area (Å²) in [6.07, 6.45) is 1.40. The zero-order valence-corrected chi connectivity index (χ0v) is 19.2. The predicted molar refractivity (Wildman–Crippen MR) is 115 cm³/mol. The molecule has 1 atom stereocenters. The molecule has 2 amide bonds. The van der Waals surface area contributed by atoms with Gasteiger partial charge in [0.05, 0.1) is 28.5 Å². The molecule has 2 saturated heterocycles. The second-order valence-electron chi connectivity index (χ2n) is 7.91. The third kappa shape index (κ3) is 3.82. The zero-order valence-electron chi connectivity index (χ0n) is 17.6. The third-order valence-corrected chi connectivity index (χ3v) is 9.56. The van der Waals surface area contributed by atoms with Crippen molar-refractivity contribution in [3.8, 4) is 0 Å². The summed E-state index contributed by atoms with van der Waals surface area (Å²) in [4.78, 5) is 26.3. The molecule has 10 nitrogen and oxygen atoms in total. The van der Waals surface area contributed by atoms with Crippen molar-refractivity contribution in [1.82, 2.24) is 9.21 Å². The normalized spacial score (nSPS) is 21.8. The van der Waals surface area contributed by atoms with E-state index in [2.05, 4.69) is 0 Å². The van der Waals surface area contributed by atoms with E-state index in [0.29, 0.717) is 5.56 Å². The first-order valence-corrected chi connectivity index (χ1v) is 13.1. The third-order valence-electron chi connectivity index (χ3n) is 5.63. The molecule has 2 aliphatic heterocycles. The van der Waals surface area contributed by atoms with Crippen LogP contribution in [0.4, 0.5) is 5.69 Å². The van der Waals surface area contributed by atoms with Crippen LogP contribution in [0, 0.1) is 12.8 Å². The van der Waals surface area contributed by atoms with Crippen molar-refractivity contribution in [3.63, 3.8) is 0 Å². The highest BCUT2D eigenvalue weighted by Gasteiger charge is 2.42. The number of aryl methyl sites for hydroxylation is 1. The van der Waals surface area contributed by atoms with Crippen molar-refractivity contribution in [2.24, 2.45) is 5.92 Å². The maximum absolute atomic E-state index is 13.2. The summed E-state index contributed by atoms with van der Waals surface area (Å²) >= 11 is 0. The second kappa shape index (κ2) is 8.01. The fourth-order valence-corrected chi connectivity index (χ4v) is 7.40. The van der Waals surface area contributed by atoms with Gasteiger partial charge in [-0.1, -0.05) is 6.92 Å². The van der Waals surface area contributed by atoms with Gasteiger partial charge in [0.1, 0.15) is 0 Å². The van der Waals surface area contributed by atoms with Gasteiger partial charge in [0.2, 0.25) is 26.0 Å². The van der Waals surface area contributed by atoms with E-state index < -0.39 is 31.9 Å². The monoisotopic (exact) mass is 481 g/mol. The minimum atomic E-state index is -3.87. The lowest BCUT2D eigenvalue weighted by molar-refractivity contribution is -0.119. The largest absolute Gasteiger partial charge is 0.459 e. The minimum Gasteiger partial charge on any atom is -0.459 e. The Morgan fingerprint density at radius 3 is 2.34 bits per heavy atom. The van der Waals surface area contributed by atoms with Crippen molar-refractivity contribution in [3.05, 3.63) is 47.9 Å². The molecule has 0 spiro atoms. The van der Waals surface area contributed by atoms with Crippen molar-refractivity contribution < 1.29 is 30.8 Å². The number of benzene rings is 1. The van der Waals surface area contributed by atoms with Gasteiger partial charge in [-0.25, -0.2) is 21.1 Å². The molecule has 1 aromatic carbocycles. The van der Waals surface area contributed by atoms with Crippen LogP contribution in [0.15, 0.2) is 45.9 Å². The topological polar surface area (TPSA) is 125 Å². The van der Waals surface area contributed by atoms with Gasteiger partial charge >= 0.3 is 0 Å². The highest BCUT2D eigenvalue weighted by molar-refractivity contribution is 7.94. The van der Waals surface area contributed by atoms with Crippen molar-refractivity contribution in [2.75, 3.05) is 36.2 Å². The first-order valence-electron chi connectivity index (χ1n) is 10.0. The quantitative estimate of drug-likeness (QED) is 0.639. The highest BCUT2D eigenvalue weighted by Crippen LogP contribution is 2.31. The molecule has 1 unspecified atom stereocenters. The number of piperazine rings is 1. The van der Waals surface area contributed by atoms with Crippen LogP contribution in [0.5, 0.6) is 0 Å². The van der Waals surface area contributed by atoms with Gasteiger partial charge in [0.15, 0.2) is 5.76 Å². The van der Waals surface area contributed by atoms with E-state index in [-0.39, 0.29) is 54.2 Å². The predicted octanol–water partition coefficient (Wildman–Crippen LogP) is 1.05. The molecule has 2 fully saturated rings. The SMILES string of the molecule is Cc1cc(N2C(=O)C(C)CS2(=O)=O)ccc1S(=O)(=O)N1CCN(C(=O)c2ccco2)CC1. The molecular weight excluding hydrogens is 458 g/mol. The minimum absolute atomic E-state index is 0.0316. The van der Waals surface area contributed by atoms with Crippen LogP contribution in [-0.2, 0) is 24.8 Å². The van der Waals surface area contributed by atoms with E-state index in [0.717, 1.165) is 4.31 Å². The summed E-state index contributed by atoms with van der Waals surface area (Å²) < 4.78 is 58.2. The molecule has 0 aliphatic carbocycles. The molecule has 4 rings (SSSR count). The van der Waals surface area contributed by atoms with Gasteiger partial charge in [0, 0.05) is 26.2 Å². The molecule has 0 radical (unpaired) electrons. The Morgan fingerprint density at radius 1 is 1.12 bits per heavy atom. The number of nitrogens with zero attached hydrogens (tertiary/aromatic N) is 3. The lowest BCUT2D eigenvalue weighted by atomic mass is 10.2. The van der Waals surface area contributed by atoms with Crippen LogP contribution in [-0.4, -0.2) is 69.8 Å². The van der Waals surface area contributed by atoms with E-state index in [1.165, 1.54) is 33.7 Å². The fourth-order valence-electron chi connectivity index (χ4n) is 3.96. The van der Waals surface area contributed by atoms with E-state index >= 15 is 0 Å². The summed E-state index contributed by atoms with van der Waals surface area (Å²) in [5.41, 5.74) is 0.462. The fraction of sp³-hybridized carbons (Fsp3) is 0.400. The number of hydrogen-bond donors (Lipinski definition) is 0. The van der Waals surface area contributed by atoms with Crippen LogP contribution in [0.3, 0.4) is 0 Å². The summed E-state index contributed by atoms with van der Waals surface area (Å²) in [6, 6.07) is 7.23. The van der Waals surface area contributed by atoms with Gasteiger partial charge < -0.3 is 9.32 Å². The lowest BCUT2D eigenvalue weighted by Gasteiger charge is -2.33. The highest BCUT2D eigenvalue weighted by atomic mass is 32.2. The molecular formula is C20H23N3O7S2. The molecule has 0 saturated carbocycles. The first kappa shape index (κ1) is 22.5. The summed E-state index contributed by atoms with van der Waals surface area (Å²) in [6.45, 7) is 3.77. The smallest absolute Gasteiger partial charge is 0.289 e. The number of amides is 2. The summed E-state index contributed by atoms with van der Waals surface area (Å²) in [5.74, 6) is -1.54. The van der Waals surface area contributed by atoms with Crippen molar-refractivity contribution in [2.45, 2.75) is 18.7 Å². The van der Waals surface area contributed by atoms with Crippen LogP contribution in [0.2, 0.25) is 0 Å². The number of carbonyl (C=O) groups excluding carboxylic acids is 2. The standard InChI is InChI=1S/C20H23N3O7S2/c1-14-12-16(23-19(24)15(2)13-31(23,26)27)5-6-18(14)32(28,29)22-9-7-21(8-10-22)20(25)17-4-3-11-30-17/h3-6,11-12,15H,7-10,13H2,1-2H3. The van der Waals surface area contributed by atoms with E-state index in [1.807, 2.05) is 0 Å². The van der Waals surface area contributed by atoms with Gasteiger partial charge in [-0.2, -0.15) is 4.31 Å². The molecule has 3 heterocycles. The maximum Gasteiger partial charge on any atom is 0.289 e. The summed E-state index contributed by atoms with van der Waals surface area (Å²) in [5, 5.41) is 0. The van der Waals surface area contributed by atoms with Crippen LogP contribution < -0.4 is 4.31 Å². The number of hydrogen-bond acceptors (Lipinski definition) is 7. The zero-order chi connectivity index (χ0) is 23.3. The van der Waals surface area contributed by atoms with Crippen molar-refractivity contribution in [1.29, 1.82) is 0 Å². The Kier molecular flexibility index (Phi) is 5.63. The Labute approximate surface area is 186 Å². The Hall–Kier alpha value is -2.70. The number of furan rings is 1. The Morgan fingerprint density at radius 2 is 1.81 bits per heavy atom. The number of carbonyl (C=O) groups is 2. The van der Waals surface area contributed by atoms with Crippen LogP contribution in [0.1, 0.15) is 23.0 Å². The average molecular weight is 482 g/mol. The number of rotatable bonds is 4. The van der Waals surface area contributed by atoms with E-state index in [9.17, 15) is 26.4 Å². The second-order valence-corrected chi connectivity index (χ2v) is 11.7. The van der Waals surface area contributed by atoms with Crippen LogP contribution >= 0.6 is 0 Å². The summed E-state index contributed by atoms with van der Waals surface area (Å²) in [7, 11) is -7.65. The Balaban J connectivity index is 1.53.